The third-order valence-electron chi connectivity index (χ3n) is 5.72. The maximum absolute atomic E-state index is 12.9. The summed E-state index contributed by atoms with van der Waals surface area (Å²) in [7, 11) is 0. The molecule has 5 rings (SSSR count). The lowest BCUT2D eigenvalue weighted by Gasteiger charge is -2.15. The van der Waals surface area contributed by atoms with Gasteiger partial charge in [-0.3, -0.25) is 10.1 Å². The molecule has 1 aliphatic carbocycles. The molecule has 1 aliphatic rings. The Morgan fingerprint density at radius 3 is 2.67 bits per heavy atom. The number of nitrogens with one attached hydrogen (secondary N) is 2. The first-order chi connectivity index (χ1) is 16.1. The van der Waals surface area contributed by atoms with Gasteiger partial charge in [0.15, 0.2) is 0 Å². The maximum Gasteiger partial charge on any atom is 0.320 e. The number of nitrogens with two attached hydrogens (primary N) is 1. The van der Waals surface area contributed by atoms with Crippen molar-refractivity contribution in [1.82, 2.24) is 15.1 Å². The lowest BCUT2D eigenvalue weighted by molar-refractivity contribution is -0.117. The summed E-state index contributed by atoms with van der Waals surface area (Å²) >= 11 is 1.58. The zero-order chi connectivity index (χ0) is 22.8. The first-order valence-corrected chi connectivity index (χ1v) is 11.6. The molecular weight excluding hydrogens is 434 g/mol. The number of fused-ring (bicyclic) bond motifs is 1. The van der Waals surface area contributed by atoms with Crippen molar-refractivity contribution >= 4 is 29.1 Å². The van der Waals surface area contributed by atoms with Crippen LogP contribution in [0.15, 0.2) is 72.1 Å². The van der Waals surface area contributed by atoms with Gasteiger partial charge in [0.1, 0.15) is 11.5 Å². The van der Waals surface area contributed by atoms with Crippen LogP contribution in [0.1, 0.15) is 29.2 Å². The van der Waals surface area contributed by atoms with Gasteiger partial charge in [-0.25, -0.2) is 9.48 Å². The highest BCUT2D eigenvalue weighted by Crippen LogP contribution is 2.31. The molecule has 1 unspecified atom stereocenters. The van der Waals surface area contributed by atoms with Crippen molar-refractivity contribution in [2.24, 2.45) is 5.73 Å². The van der Waals surface area contributed by atoms with E-state index in [1.54, 1.807) is 16.0 Å². The molecule has 2 heterocycles. The quantitative estimate of drug-likeness (QED) is 0.399. The summed E-state index contributed by atoms with van der Waals surface area (Å²) in [5.74, 6) is 0.180. The Balaban J connectivity index is 1.40. The number of carbonyl (C=O) groups excluding carboxylic acids is 2. The molecule has 0 spiro atoms. The van der Waals surface area contributed by atoms with Crippen molar-refractivity contribution in [2.75, 3.05) is 5.32 Å². The normalized spacial score (nSPS) is 14.6. The summed E-state index contributed by atoms with van der Waals surface area (Å²) < 4.78 is 1.70. The molecule has 7 nitrogen and oxygen atoms in total. The van der Waals surface area contributed by atoms with Crippen molar-refractivity contribution < 1.29 is 9.59 Å². The molecule has 1 atom stereocenters. The molecular formula is C25H23N5O2S. The SMILES string of the molecule is NC(=O)Cc1ccc(-n2nc(-c3cccs3)cc2NC(=O)NC2CCc3ccccc32)cc1. The Morgan fingerprint density at radius 1 is 1.09 bits per heavy atom. The van der Waals surface area contributed by atoms with Gasteiger partial charge in [0.2, 0.25) is 5.91 Å². The molecule has 33 heavy (non-hydrogen) atoms. The molecule has 8 heteroatoms. The average Bonchev–Trinajstić information content (AvgIpc) is 3.54. The molecule has 4 N–H and O–H groups in total. The first kappa shape index (κ1) is 21.0. The molecule has 0 saturated carbocycles. The standard InChI is InChI=1S/C25H23N5O2S/c26-23(31)14-16-7-10-18(11-8-16)30-24(15-21(29-30)22-6-3-13-33-22)28-25(32)27-20-12-9-17-4-1-2-5-19(17)20/h1-8,10-11,13,15,20H,9,12,14H2,(H2,26,31)(H2,27,28,32). The monoisotopic (exact) mass is 457 g/mol. The van der Waals surface area contributed by atoms with Crippen LogP contribution >= 0.6 is 11.3 Å². The van der Waals surface area contributed by atoms with Crippen molar-refractivity contribution in [2.45, 2.75) is 25.3 Å². The third kappa shape index (κ3) is 4.51. The van der Waals surface area contributed by atoms with E-state index in [9.17, 15) is 9.59 Å². The van der Waals surface area contributed by atoms with Crippen molar-refractivity contribution in [3.05, 3.63) is 88.8 Å². The topological polar surface area (TPSA) is 102 Å². The van der Waals surface area contributed by atoms with Gasteiger partial charge in [0, 0.05) is 6.07 Å². The summed E-state index contributed by atoms with van der Waals surface area (Å²) in [6.45, 7) is 0. The fourth-order valence-corrected chi connectivity index (χ4v) is 4.87. The number of hydrogen-bond donors (Lipinski definition) is 3. The number of thiophene rings is 1. The molecule has 0 aliphatic heterocycles. The second-order valence-corrected chi connectivity index (χ2v) is 8.95. The van der Waals surface area contributed by atoms with E-state index in [1.165, 1.54) is 11.1 Å². The van der Waals surface area contributed by atoms with Gasteiger partial charge >= 0.3 is 6.03 Å². The second-order valence-electron chi connectivity index (χ2n) is 8.00. The minimum absolute atomic E-state index is 0.0116. The van der Waals surface area contributed by atoms with Gasteiger partial charge < -0.3 is 11.1 Å². The largest absolute Gasteiger partial charge is 0.369 e. The summed E-state index contributed by atoms with van der Waals surface area (Å²) in [5.41, 5.74) is 10.1. The molecule has 0 saturated heterocycles. The van der Waals surface area contributed by atoms with Crippen LogP contribution in [-0.4, -0.2) is 21.7 Å². The Kier molecular flexibility index (Phi) is 5.66. The summed E-state index contributed by atoms with van der Waals surface area (Å²) in [4.78, 5) is 25.1. The summed E-state index contributed by atoms with van der Waals surface area (Å²) in [6, 6.07) is 21.1. The fraction of sp³-hybridized carbons (Fsp3) is 0.160. The van der Waals surface area contributed by atoms with E-state index in [2.05, 4.69) is 22.8 Å². The van der Waals surface area contributed by atoms with Crippen LogP contribution in [0.4, 0.5) is 10.6 Å². The second kappa shape index (κ2) is 8.91. The van der Waals surface area contributed by atoms with Crippen LogP contribution in [0.2, 0.25) is 0 Å². The Bertz CT molecular complexity index is 1290. The van der Waals surface area contributed by atoms with E-state index in [4.69, 9.17) is 10.8 Å². The molecule has 0 fully saturated rings. The molecule has 2 aromatic heterocycles. The van der Waals surface area contributed by atoms with Crippen LogP contribution in [-0.2, 0) is 17.6 Å². The lowest BCUT2D eigenvalue weighted by Crippen LogP contribution is -2.32. The fourth-order valence-electron chi connectivity index (χ4n) is 4.19. The summed E-state index contributed by atoms with van der Waals surface area (Å²) in [6.07, 6.45) is 2.02. The van der Waals surface area contributed by atoms with E-state index >= 15 is 0 Å². The number of anilines is 1. The number of urea groups is 1. The van der Waals surface area contributed by atoms with Crippen LogP contribution < -0.4 is 16.4 Å². The van der Waals surface area contributed by atoms with Crippen molar-refractivity contribution in [3.8, 4) is 16.3 Å². The number of aryl methyl sites for hydroxylation is 1. The minimum atomic E-state index is -0.380. The highest BCUT2D eigenvalue weighted by molar-refractivity contribution is 7.13. The number of primary amides is 1. The Morgan fingerprint density at radius 2 is 1.91 bits per heavy atom. The van der Waals surface area contributed by atoms with Crippen molar-refractivity contribution in [3.63, 3.8) is 0 Å². The van der Waals surface area contributed by atoms with Crippen LogP contribution in [0.25, 0.3) is 16.3 Å². The average molecular weight is 458 g/mol. The van der Waals surface area contributed by atoms with E-state index in [-0.39, 0.29) is 24.4 Å². The number of rotatable bonds is 6. The van der Waals surface area contributed by atoms with Gasteiger partial charge in [-0.05, 0) is 53.1 Å². The van der Waals surface area contributed by atoms with Crippen molar-refractivity contribution in [1.29, 1.82) is 0 Å². The Labute approximate surface area is 195 Å². The first-order valence-electron chi connectivity index (χ1n) is 10.7. The molecule has 3 amide bonds. The van der Waals surface area contributed by atoms with Gasteiger partial charge in [-0.1, -0.05) is 42.5 Å². The molecule has 2 aromatic carbocycles. The van der Waals surface area contributed by atoms with Crippen LogP contribution in [0, 0.1) is 0 Å². The molecule has 0 bridgehead atoms. The van der Waals surface area contributed by atoms with E-state index in [1.807, 2.05) is 60.0 Å². The molecule has 0 radical (unpaired) electrons. The smallest absolute Gasteiger partial charge is 0.320 e. The number of amides is 3. The highest BCUT2D eigenvalue weighted by Gasteiger charge is 2.24. The molecule has 4 aromatic rings. The number of carbonyl (C=O) groups is 2. The number of benzene rings is 2. The van der Waals surface area contributed by atoms with Crippen LogP contribution in [0.3, 0.4) is 0 Å². The van der Waals surface area contributed by atoms with E-state index in [0.29, 0.717) is 5.82 Å². The molecule has 166 valence electrons. The van der Waals surface area contributed by atoms with Gasteiger partial charge in [-0.15, -0.1) is 11.3 Å². The van der Waals surface area contributed by atoms with Gasteiger partial charge in [0.05, 0.1) is 23.0 Å². The Hall–Kier alpha value is -3.91. The number of aromatic nitrogens is 2. The maximum atomic E-state index is 12.9. The third-order valence-corrected chi connectivity index (χ3v) is 6.61. The van der Waals surface area contributed by atoms with Gasteiger partial charge in [-0.2, -0.15) is 5.10 Å². The highest BCUT2D eigenvalue weighted by atomic mass is 32.1. The van der Waals surface area contributed by atoms with Gasteiger partial charge in [0.25, 0.3) is 0 Å². The number of hydrogen-bond acceptors (Lipinski definition) is 4. The van der Waals surface area contributed by atoms with Crippen LogP contribution in [0.5, 0.6) is 0 Å². The summed E-state index contributed by atoms with van der Waals surface area (Å²) in [5, 5.41) is 12.8. The predicted octanol–water partition coefficient (Wildman–Crippen LogP) is 4.44. The van der Waals surface area contributed by atoms with E-state index in [0.717, 1.165) is 34.7 Å². The predicted molar refractivity (Wildman–Crippen MR) is 129 cm³/mol. The zero-order valence-electron chi connectivity index (χ0n) is 17.8. The minimum Gasteiger partial charge on any atom is -0.369 e. The lowest BCUT2D eigenvalue weighted by atomic mass is 10.1. The zero-order valence-corrected chi connectivity index (χ0v) is 18.6. The number of nitrogens with zero attached hydrogens (tertiary/aromatic N) is 2. The van der Waals surface area contributed by atoms with E-state index < -0.39 is 0 Å².